The molecular formula is C5H15FN2. The standard InChI is InChI=1S/C4H12N2.CH3F/c5-3-1-2-4-6;1-2/h1-6H2;1H3. The van der Waals surface area contributed by atoms with Crippen molar-refractivity contribution in [3.05, 3.63) is 0 Å². The molecule has 0 aromatic heterocycles. The van der Waals surface area contributed by atoms with Crippen LogP contribution in [0.4, 0.5) is 4.39 Å². The molecule has 4 N–H and O–H groups in total. The average molecular weight is 122 g/mol. The highest BCUT2D eigenvalue weighted by atomic mass is 19.1. The summed E-state index contributed by atoms with van der Waals surface area (Å²) < 4.78 is 9.50. The number of unbranched alkanes of at least 4 members (excludes halogenated alkanes) is 1. The molecule has 0 radical (unpaired) electrons. The van der Waals surface area contributed by atoms with E-state index in [2.05, 4.69) is 0 Å². The average Bonchev–Trinajstić information content (AvgIpc) is 1.88. The molecule has 0 saturated carbocycles. The SMILES string of the molecule is CF.NCCCCN. The van der Waals surface area contributed by atoms with Crippen LogP contribution in [0.15, 0.2) is 0 Å². The van der Waals surface area contributed by atoms with E-state index in [4.69, 9.17) is 11.5 Å². The van der Waals surface area contributed by atoms with Gasteiger partial charge in [-0.1, -0.05) is 0 Å². The minimum absolute atomic E-state index is 0.500. The van der Waals surface area contributed by atoms with Gasteiger partial charge in [-0.25, -0.2) is 0 Å². The lowest BCUT2D eigenvalue weighted by Gasteiger charge is -1.87. The van der Waals surface area contributed by atoms with Crippen molar-refractivity contribution in [2.45, 2.75) is 12.8 Å². The highest BCUT2D eigenvalue weighted by molar-refractivity contribution is 4.38. The zero-order valence-corrected chi connectivity index (χ0v) is 5.36. The van der Waals surface area contributed by atoms with E-state index in [1.54, 1.807) is 0 Å². The first-order valence-electron chi connectivity index (χ1n) is 2.69. The van der Waals surface area contributed by atoms with E-state index in [0.29, 0.717) is 7.18 Å². The van der Waals surface area contributed by atoms with Crippen LogP contribution in [0.2, 0.25) is 0 Å². The summed E-state index contributed by atoms with van der Waals surface area (Å²) in [4.78, 5) is 0. The van der Waals surface area contributed by atoms with Crippen LogP contribution in [-0.4, -0.2) is 20.3 Å². The van der Waals surface area contributed by atoms with Crippen molar-refractivity contribution >= 4 is 0 Å². The minimum atomic E-state index is 0.500. The Balaban J connectivity index is 0. The molecule has 0 amide bonds. The van der Waals surface area contributed by atoms with Crippen molar-refractivity contribution in [2.75, 3.05) is 20.3 Å². The zero-order chi connectivity index (χ0) is 6.83. The van der Waals surface area contributed by atoms with Crippen LogP contribution in [-0.2, 0) is 0 Å². The molecule has 0 aromatic carbocycles. The second-order valence-electron chi connectivity index (χ2n) is 1.28. The maximum Gasteiger partial charge on any atom is 0.0785 e. The molecule has 8 heavy (non-hydrogen) atoms. The van der Waals surface area contributed by atoms with Gasteiger partial charge in [0.1, 0.15) is 0 Å². The number of rotatable bonds is 3. The Morgan fingerprint density at radius 2 is 1.25 bits per heavy atom. The van der Waals surface area contributed by atoms with E-state index in [-0.39, 0.29) is 0 Å². The van der Waals surface area contributed by atoms with Crippen molar-refractivity contribution in [1.82, 2.24) is 0 Å². The smallest absolute Gasteiger partial charge is 0.0785 e. The molecule has 0 aliphatic rings. The largest absolute Gasteiger partial charge is 0.330 e. The fourth-order valence-corrected chi connectivity index (χ4v) is 0.289. The highest BCUT2D eigenvalue weighted by Gasteiger charge is 1.75. The maximum absolute atomic E-state index is 9.50. The molecule has 0 fully saturated rings. The monoisotopic (exact) mass is 122 g/mol. The van der Waals surface area contributed by atoms with E-state index in [1.807, 2.05) is 0 Å². The van der Waals surface area contributed by atoms with Gasteiger partial charge in [-0.15, -0.1) is 0 Å². The normalized spacial score (nSPS) is 7.50. The Hall–Kier alpha value is -0.150. The number of hydrogen-bond donors (Lipinski definition) is 2. The third-order valence-corrected chi connectivity index (χ3v) is 0.658. The summed E-state index contributed by atoms with van der Waals surface area (Å²) in [5, 5.41) is 0. The van der Waals surface area contributed by atoms with Gasteiger partial charge in [0.2, 0.25) is 0 Å². The summed E-state index contributed by atoms with van der Waals surface area (Å²) in [6.45, 7) is 1.55. The van der Waals surface area contributed by atoms with E-state index >= 15 is 0 Å². The lowest BCUT2D eigenvalue weighted by molar-refractivity contribution is 0.636. The van der Waals surface area contributed by atoms with Gasteiger partial charge >= 0.3 is 0 Å². The molecule has 3 heteroatoms. The van der Waals surface area contributed by atoms with Gasteiger partial charge in [-0.05, 0) is 25.9 Å². The van der Waals surface area contributed by atoms with E-state index in [9.17, 15) is 4.39 Å². The first kappa shape index (κ1) is 10.8. The summed E-state index contributed by atoms with van der Waals surface area (Å²) in [7, 11) is 0.500. The maximum atomic E-state index is 9.50. The van der Waals surface area contributed by atoms with Crippen LogP contribution in [0.5, 0.6) is 0 Å². The van der Waals surface area contributed by atoms with Crippen LogP contribution in [0.25, 0.3) is 0 Å². The van der Waals surface area contributed by atoms with Crippen LogP contribution in [0.1, 0.15) is 12.8 Å². The van der Waals surface area contributed by atoms with Gasteiger partial charge in [-0.2, -0.15) is 0 Å². The first-order chi connectivity index (χ1) is 3.91. The number of alkyl halides is 1. The topological polar surface area (TPSA) is 52.0 Å². The lowest BCUT2D eigenvalue weighted by Crippen LogP contribution is -2.03. The zero-order valence-electron chi connectivity index (χ0n) is 5.36. The summed E-state index contributed by atoms with van der Waals surface area (Å²) in [6, 6.07) is 0. The molecule has 0 saturated heterocycles. The Kier molecular flexibility index (Phi) is 21.3. The van der Waals surface area contributed by atoms with Gasteiger partial charge < -0.3 is 11.5 Å². The molecule has 0 aliphatic carbocycles. The van der Waals surface area contributed by atoms with Crippen LogP contribution in [0, 0.1) is 0 Å². The predicted octanol–water partition coefficient (Wildman–Crippen LogP) is 0.270. The first-order valence-corrected chi connectivity index (χ1v) is 2.69. The second-order valence-corrected chi connectivity index (χ2v) is 1.28. The van der Waals surface area contributed by atoms with Crippen LogP contribution in [0.3, 0.4) is 0 Å². The molecule has 0 unspecified atom stereocenters. The fraction of sp³-hybridized carbons (Fsp3) is 1.00. The molecule has 52 valence electrons. The van der Waals surface area contributed by atoms with Crippen LogP contribution >= 0.6 is 0 Å². The van der Waals surface area contributed by atoms with E-state index < -0.39 is 0 Å². The van der Waals surface area contributed by atoms with Crippen molar-refractivity contribution in [2.24, 2.45) is 11.5 Å². The van der Waals surface area contributed by atoms with Crippen molar-refractivity contribution in [1.29, 1.82) is 0 Å². The Morgan fingerprint density at radius 3 is 1.38 bits per heavy atom. The van der Waals surface area contributed by atoms with Crippen molar-refractivity contribution in [3.63, 3.8) is 0 Å². The molecular weight excluding hydrogens is 107 g/mol. The lowest BCUT2D eigenvalue weighted by atomic mass is 10.3. The third-order valence-electron chi connectivity index (χ3n) is 0.658. The second kappa shape index (κ2) is 15.8. The van der Waals surface area contributed by atoms with Crippen molar-refractivity contribution < 1.29 is 4.39 Å². The Bertz CT molecular complexity index is 22.4. The summed E-state index contributed by atoms with van der Waals surface area (Å²) >= 11 is 0. The summed E-state index contributed by atoms with van der Waals surface area (Å²) in [5.41, 5.74) is 10.3. The highest BCUT2D eigenvalue weighted by Crippen LogP contribution is 1.77. The van der Waals surface area contributed by atoms with E-state index in [1.165, 1.54) is 0 Å². The minimum Gasteiger partial charge on any atom is -0.330 e. The molecule has 0 rings (SSSR count). The van der Waals surface area contributed by atoms with Crippen LogP contribution < -0.4 is 11.5 Å². The molecule has 0 aromatic rings. The third kappa shape index (κ3) is 16.9. The molecule has 0 heterocycles. The van der Waals surface area contributed by atoms with Gasteiger partial charge in [0.25, 0.3) is 0 Å². The quantitative estimate of drug-likeness (QED) is 0.528. The number of hydrogen-bond acceptors (Lipinski definition) is 2. The van der Waals surface area contributed by atoms with Gasteiger partial charge in [0.15, 0.2) is 0 Å². The van der Waals surface area contributed by atoms with Gasteiger partial charge in [-0.3, -0.25) is 4.39 Å². The summed E-state index contributed by atoms with van der Waals surface area (Å²) in [5.74, 6) is 0. The molecule has 0 atom stereocenters. The molecule has 0 spiro atoms. The predicted molar refractivity (Wildman–Crippen MR) is 34.4 cm³/mol. The number of halogens is 1. The molecule has 2 nitrogen and oxygen atoms in total. The fourth-order valence-electron chi connectivity index (χ4n) is 0.289. The molecule has 0 aliphatic heterocycles. The Morgan fingerprint density at radius 1 is 1.00 bits per heavy atom. The Labute approximate surface area is 50.1 Å². The number of nitrogens with two attached hydrogens (primary N) is 2. The van der Waals surface area contributed by atoms with Gasteiger partial charge in [0.05, 0.1) is 7.18 Å². The van der Waals surface area contributed by atoms with E-state index in [0.717, 1.165) is 25.9 Å². The van der Waals surface area contributed by atoms with Gasteiger partial charge in [0, 0.05) is 0 Å². The summed E-state index contributed by atoms with van der Waals surface area (Å²) in [6.07, 6.45) is 2.13. The molecule has 0 bridgehead atoms. The van der Waals surface area contributed by atoms with Crippen molar-refractivity contribution in [3.8, 4) is 0 Å².